The Morgan fingerprint density at radius 3 is 3.08 bits per heavy atom. The fourth-order valence-corrected chi connectivity index (χ4v) is 1.81. The molecule has 0 fully saturated rings. The van der Waals surface area contributed by atoms with Gasteiger partial charge in [-0.05, 0) is 33.6 Å². The maximum absolute atomic E-state index is 4.39. The molecule has 72 valence electrons. The van der Waals surface area contributed by atoms with E-state index >= 15 is 0 Å². The van der Waals surface area contributed by atoms with Crippen molar-refractivity contribution in [2.75, 3.05) is 5.32 Å². The molecule has 0 bridgehead atoms. The quantitative estimate of drug-likeness (QED) is 0.716. The predicted molar refractivity (Wildman–Crippen MR) is 54.0 cm³/mol. The largest absolute Gasteiger partial charge is 0.368 e. The average Bonchev–Trinajstić information content (AvgIpc) is 2.46. The van der Waals surface area contributed by atoms with E-state index in [9.17, 15) is 0 Å². The summed E-state index contributed by atoms with van der Waals surface area (Å²) in [5, 5.41) is 7.88. The maximum atomic E-state index is 4.39. The number of aromatic nitrogens is 2. The fraction of sp³-hybridized carbons (Fsp3) is 0.700. The van der Waals surface area contributed by atoms with Crippen LogP contribution in [0.3, 0.4) is 0 Å². The lowest BCUT2D eigenvalue weighted by Gasteiger charge is -2.23. The summed E-state index contributed by atoms with van der Waals surface area (Å²) in [4.78, 5) is 0. The zero-order chi connectivity index (χ0) is 9.42. The number of hydrogen-bond acceptors (Lipinski definition) is 2. The number of nitrogens with one attached hydrogen (secondary N) is 1. The highest BCUT2D eigenvalue weighted by Gasteiger charge is 2.19. The van der Waals surface area contributed by atoms with Gasteiger partial charge in [0.05, 0.1) is 6.20 Å². The van der Waals surface area contributed by atoms with Crippen molar-refractivity contribution in [1.29, 1.82) is 0 Å². The van der Waals surface area contributed by atoms with E-state index < -0.39 is 0 Å². The van der Waals surface area contributed by atoms with Crippen LogP contribution in [0.1, 0.15) is 38.8 Å². The first-order valence-corrected chi connectivity index (χ1v) is 5.01. The molecule has 0 amide bonds. The molecule has 0 aliphatic carbocycles. The van der Waals surface area contributed by atoms with Crippen molar-refractivity contribution < 1.29 is 0 Å². The minimum absolute atomic E-state index is 0.446. The lowest BCUT2D eigenvalue weighted by molar-refractivity contribution is 0.529. The molecule has 1 aliphatic rings. The third-order valence-corrected chi connectivity index (χ3v) is 2.59. The Labute approximate surface area is 79.1 Å². The van der Waals surface area contributed by atoms with E-state index in [0.29, 0.717) is 12.1 Å². The molecule has 0 radical (unpaired) electrons. The molecule has 0 spiro atoms. The number of anilines is 1. The molecule has 3 heteroatoms. The molecule has 0 unspecified atom stereocenters. The van der Waals surface area contributed by atoms with Crippen molar-refractivity contribution in [3.05, 3.63) is 11.8 Å². The van der Waals surface area contributed by atoms with E-state index in [2.05, 4.69) is 35.9 Å². The van der Waals surface area contributed by atoms with E-state index in [1.165, 1.54) is 17.8 Å². The number of hydrogen-bond donors (Lipinski definition) is 1. The van der Waals surface area contributed by atoms with Crippen molar-refractivity contribution in [1.82, 2.24) is 9.78 Å². The number of aryl methyl sites for hydroxylation is 1. The van der Waals surface area contributed by atoms with Crippen LogP contribution < -0.4 is 5.32 Å². The third-order valence-electron chi connectivity index (χ3n) is 2.59. The van der Waals surface area contributed by atoms with Gasteiger partial charge in [0.15, 0.2) is 0 Å². The molecule has 0 aromatic carbocycles. The molecule has 1 aliphatic heterocycles. The lowest BCUT2D eigenvalue weighted by atomic mass is 10.0. The van der Waals surface area contributed by atoms with Crippen LogP contribution in [0.15, 0.2) is 6.20 Å². The van der Waals surface area contributed by atoms with Crippen molar-refractivity contribution in [2.24, 2.45) is 0 Å². The van der Waals surface area contributed by atoms with Crippen LogP contribution in [0.2, 0.25) is 0 Å². The van der Waals surface area contributed by atoms with Crippen LogP contribution in [0, 0.1) is 0 Å². The van der Waals surface area contributed by atoms with Crippen LogP contribution >= 0.6 is 0 Å². The summed E-state index contributed by atoms with van der Waals surface area (Å²) < 4.78 is 2.07. The highest BCUT2D eigenvalue weighted by molar-refractivity contribution is 5.47. The highest BCUT2D eigenvalue weighted by atomic mass is 15.3. The standard InChI is InChI=1S/C10H17N3/c1-7(2)13-10-9(6-11-13)5-4-8(3)12-10/h6-8,12H,4-5H2,1-3H3/t8-/m0/s1. The second-order valence-corrected chi connectivity index (χ2v) is 4.14. The Hall–Kier alpha value is -0.990. The van der Waals surface area contributed by atoms with Crippen LogP contribution in [0.5, 0.6) is 0 Å². The second kappa shape index (κ2) is 3.05. The molecule has 1 N–H and O–H groups in total. The summed E-state index contributed by atoms with van der Waals surface area (Å²) in [6, 6.07) is 1.03. The van der Waals surface area contributed by atoms with Crippen molar-refractivity contribution >= 4 is 5.82 Å². The van der Waals surface area contributed by atoms with Crippen LogP contribution in [-0.4, -0.2) is 15.8 Å². The number of nitrogens with zero attached hydrogens (tertiary/aromatic N) is 2. The van der Waals surface area contributed by atoms with Gasteiger partial charge in [-0.3, -0.25) is 0 Å². The van der Waals surface area contributed by atoms with Gasteiger partial charge in [0.25, 0.3) is 0 Å². The average molecular weight is 179 g/mol. The molecule has 0 saturated heterocycles. The molecule has 2 rings (SSSR count). The topological polar surface area (TPSA) is 29.9 Å². The molecule has 0 saturated carbocycles. The summed E-state index contributed by atoms with van der Waals surface area (Å²) in [6.45, 7) is 6.54. The zero-order valence-electron chi connectivity index (χ0n) is 8.54. The lowest BCUT2D eigenvalue weighted by Crippen LogP contribution is -2.24. The monoisotopic (exact) mass is 179 g/mol. The fourth-order valence-electron chi connectivity index (χ4n) is 1.81. The third kappa shape index (κ3) is 1.43. The van der Waals surface area contributed by atoms with Gasteiger partial charge in [-0.1, -0.05) is 0 Å². The van der Waals surface area contributed by atoms with Crippen LogP contribution in [0.25, 0.3) is 0 Å². The summed E-state index contributed by atoms with van der Waals surface area (Å²) in [5.41, 5.74) is 1.37. The smallest absolute Gasteiger partial charge is 0.127 e. The van der Waals surface area contributed by atoms with E-state index in [1.807, 2.05) is 6.20 Å². The van der Waals surface area contributed by atoms with Gasteiger partial charge in [-0.15, -0.1) is 0 Å². The van der Waals surface area contributed by atoms with Crippen molar-refractivity contribution in [3.8, 4) is 0 Å². The van der Waals surface area contributed by atoms with E-state index in [0.717, 1.165) is 6.42 Å². The summed E-state index contributed by atoms with van der Waals surface area (Å²) in [7, 11) is 0. The van der Waals surface area contributed by atoms with Gasteiger partial charge in [0, 0.05) is 17.6 Å². The summed E-state index contributed by atoms with van der Waals surface area (Å²) in [6.07, 6.45) is 4.38. The maximum Gasteiger partial charge on any atom is 0.127 e. The molecule has 1 aromatic heterocycles. The minimum Gasteiger partial charge on any atom is -0.368 e. The normalized spacial score (nSPS) is 21.4. The van der Waals surface area contributed by atoms with Gasteiger partial charge in [0.1, 0.15) is 5.82 Å². The van der Waals surface area contributed by atoms with Gasteiger partial charge in [-0.25, -0.2) is 4.68 Å². The Balaban J connectivity index is 2.35. The van der Waals surface area contributed by atoms with Crippen molar-refractivity contribution in [2.45, 2.75) is 45.7 Å². The first-order chi connectivity index (χ1) is 6.18. The first-order valence-electron chi connectivity index (χ1n) is 5.01. The molecule has 1 atom stereocenters. The molecule has 3 nitrogen and oxygen atoms in total. The summed E-state index contributed by atoms with van der Waals surface area (Å²) in [5.74, 6) is 1.23. The van der Waals surface area contributed by atoms with Gasteiger partial charge in [0.2, 0.25) is 0 Å². The van der Waals surface area contributed by atoms with Crippen molar-refractivity contribution in [3.63, 3.8) is 0 Å². The first kappa shape index (κ1) is 8.60. The minimum atomic E-state index is 0.446. The van der Waals surface area contributed by atoms with Gasteiger partial charge in [-0.2, -0.15) is 5.10 Å². The summed E-state index contributed by atoms with van der Waals surface area (Å²) >= 11 is 0. The predicted octanol–water partition coefficient (Wildman–Crippen LogP) is 2.21. The van der Waals surface area contributed by atoms with Crippen LogP contribution in [-0.2, 0) is 6.42 Å². The second-order valence-electron chi connectivity index (χ2n) is 4.14. The Morgan fingerprint density at radius 1 is 1.62 bits per heavy atom. The van der Waals surface area contributed by atoms with E-state index in [1.54, 1.807) is 0 Å². The molecule has 13 heavy (non-hydrogen) atoms. The van der Waals surface area contributed by atoms with Gasteiger partial charge >= 0.3 is 0 Å². The highest BCUT2D eigenvalue weighted by Crippen LogP contribution is 2.26. The molecule has 2 heterocycles. The Kier molecular flexibility index (Phi) is 2.02. The number of fused-ring (bicyclic) bond motifs is 1. The van der Waals surface area contributed by atoms with E-state index in [4.69, 9.17) is 0 Å². The van der Waals surface area contributed by atoms with E-state index in [-0.39, 0.29) is 0 Å². The molecule has 1 aromatic rings. The Bertz CT molecular complexity index is 301. The van der Waals surface area contributed by atoms with Crippen LogP contribution in [0.4, 0.5) is 5.82 Å². The number of rotatable bonds is 1. The SMILES string of the molecule is CC(C)n1ncc2c1N[C@@H](C)CC2. The zero-order valence-corrected chi connectivity index (χ0v) is 8.54. The molecular formula is C10H17N3. The Morgan fingerprint density at radius 2 is 2.38 bits per heavy atom. The molecular weight excluding hydrogens is 162 g/mol. The van der Waals surface area contributed by atoms with Gasteiger partial charge < -0.3 is 5.32 Å².